The first kappa shape index (κ1) is 19.4. The van der Waals surface area contributed by atoms with Crippen molar-refractivity contribution in [1.29, 1.82) is 0 Å². The summed E-state index contributed by atoms with van der Waals surface area (Å²) in [5.41, 5.74) is 1.06. The minimum absolute atomic E-state index is 0.00405. The Kier molecular flexibility index (Phi) is 6.48. The molecule has 3 rings (SSSR count). The van der Waals surface area contributed by atoms with Gasteiger partial charge in [-0.15, -0.1) is 0 Å². The number of unbranched alkanes of at least 4 members (excludes halogenated alkanes) is 2. The number of nitrogens with zero attached hydrogens (tertiary/aromatic N) is 1. The van der Waals surface area contributed by atoms with E-state index in [1.165, 1.54) is 4.90 Å². The Bertz CT molecular complexity index is 677. The molecule has 4 amide bonds. The van der Waals surface area contributed by atoms with Gasteiger partial charge in [-0.25, -0.2) is 4.79 Å². The monoisotopic (exact) mass is 371 g/mol. The Labute approximate surface area is 160 Å². The van der Waals surface area contributed by atoms with Crippen molar-refractivity contribution >= 4 is 17.8 Å². The fraction of sp³-hybridized carbons (Fsp3) is 0.571. The minimum atomic E-state index is -0.303. The maximum Gasteiger partial charge on any atom is 0.324 e. The van der Waals surface area contributed by atoms with Gasteiger partial charge in [0.1, 0.15) is 0 Å². The highest BCUT2D eigenvalue weighted by molar-refractivity contribution is 5.99. The SMILES string of the molecule is CCCCCN1C(=O)NC2CC(C(=O)NCc3ccccc3)CCC2C1=O. The number of fused-ring (bicyclic) bond motifs is 1. The Morgan fingerprint density at radius 2 is 1.96 bits per heavy atom. The second-order valence-electron chi connectivity index (χ2n) is 7.57. The molecule has 1 aromatic carbocycles. The van der Waals surface area contributed by atoms with Gasteiger partial charge in [-0.1, -0.05) is 50.1 Å². The molecule has 3 unspecified atom stereocenters. The van der Waals surface area contributed by atoms with Gasteiger partial charge in [0.15, 0.2) is 0 Å². The summed E-state index contributed by atoms with van der Waals surface area (Å²) in [4.78, 5) is 38.9. The smallest absolute Gasteiger partial charge is 0.324 e. The summed E-state index contributed by atoms with van der Waals surface area (Å²) in [6, 6.07) is 9.26. The molecule has 146 valence electrons. The highest BCUT2D eigenvalue weighted by Crippen LogP contribution is 2.33. The van der Waals surface area contributed by atoms with E-state index in [-0.39, 0.29) is 35.7 Å². The first-order valence-electron chi connectivity index (χ1n) is 10.0. The van der Waals surface area contributed by atoms with Gasteiger partial charge in [-0.2, -0.15) is 0 Å². The van der Waals surface area contributed by atoms with Gasteiger partial charge in [0.2, 0.25) is 11.8 Å². The molecule has 1 aliphatic carbocycles. The van der Waals surface area contributed by atoms with Crippen molar-refractivity contribution < 1.29 is 14.4 Å². The summed E-state index contributed by atoms with van der Waals surface area (Å²) >= 11 is 0. The minimum Gasteiger partial charge on any atom is -0.352 e. The van der Waals surface area contributed by atoms with E-state index in [1.54, 1.807) is 0 Å². The van der Waals surface area contributed by atoms with Crippen LogP contribution in [0.15, 0.2) is 30.3 Å². The highest BCUT2D eigenvalue weighted by atomic mass is 16.2. The van der Waals surface area contributed by atoms with E-state index in [1.807, 2.05) is 30.3 Å². The highest BCUT2D eigenvalue weighted by Gasteiger charge is 2.45. The summed E-state index contributed by atoms with van der Waals surface area (Å²) in [6.07, 6.45) is 4.77. The van der Waals surface area contributed by atoms with Gasteiger partial charge in [0.25, 0.3) is 0 Å². The van der Waals surface area contributed by atoms with E-state index in [2.05, 4.69) is 17.6 Å². The van der Waals surface area contributed by atoms with E-state index in [9.17, 15) is 14.4 Å². The summed E-state index contributed by atoms with van der Waals surface area (Å²) in [7, 11) is 0. The lowest BCUT2D eigenvalue weighted by atomic mass is 9.76. The number of carbonyl (C=O) groups is 3. The Morgan fingerprint density at radius 1 is 1.19 bits per heavy atom. The number of amides is 4. The van der Waals surface area contributed by atoms with Crippen LogP contribution in [0, 0.1) is 11.8 Å². The Balaban J connectivity index is 1.53. The fourth-order valence-corrected chi connectivity index (χ4v) is 4.06. The summed E-state index contributed by atoms with van der Waals surface area (Å²) in [5, 5.41) is 5.95. The molecule has 1 saturated heterocycles. The van der Waals surface area contributed by atoms with E-state index in [4.69, 9.17) is 0 Å². The Hall–Kier alpha value is -2.37. The number of hydrogen-bond acceptors (Lipinski definition) is 3. The molecular formula is C21H29N3O3. The lowest BCUT2D eigenvalue weighted by Gasteiger charge is -2.42. The van der Waals surface area contributed by atoms with E-state index in [0.717, 1.165) is 24.8 Å². The van der Waals surface area contributed by atoms with Gasteiger partial charge in [0, 0.05) is 25.0 Å². The summed E-state index contributed by atoms with van der Waals surface area (Å²) in [6.45, 7) is 3.09. The molecule has 0 aromatic heterocycles. The second-order valence-corrected chi connectivity index (χ2v) is 7.57. The topological polar surface area (TPSA) is 78.5 Å². The summed E-state index contributed by atoms with van der Waals surface area (Å²) in [5.74, 6) is -0.412. The first-order chi connectivity index (χ1) is 13.1. The molecule has 1 saturated carbocycles. The maximum absolute atomic E-state index is 12.7. The normalized spacial score (nSPS) is 24.9. The maximum atomic E-state index is 12.7. The molecule has 2 aliphatic rings. The molecule has 2 fully saturated rings. The molecule has 1 aliphatic heterocycles. The molecule has 27 heavy (non-hydrogen) atoms. The lowest BCUT2D eigenvalue weighted by Crippen LogP contribution is -2.62. The van der Waals surface area contributed by atoms with Gasteiger partial charge >= 0.3 is 6.03 Å². The quantitative estimate of drug-likeness (QED) is 0.724. The third-order valence-corrected chi connectivity index (χ3v) is 5.65. The molecule has 0 spiro atoms. The number of imide groups is 1. The third-order valence-electron chi connectivity index (χ3n) is 5.65. The predicted octanol–water partition coefficient (Wildman–Crippen LogP) is 2.83. The molecule has 1 aromatic rings. The molecule has 0 radical (unpaired) electrons. The van der Waals surface area contributed by atoms with Gasteiger partial charge in [0.05, 0.1) is 5.92 Å². The molecule has 1 heterocycles. The number of nitrogens with one attached hydrogen (secondary N) is 2. The molecule has 6 heteroatoms. The van der Waals surface area contributed by atoms with E-state index in [0.29, 0.717) is 32.4 Å². The van der Waals surface area contributed by atoms with Crippen molar-refractivity contribution in [3.63, 3.8) is 0 Å². The van der Waals surface area contributed by atoms with Gasteiger partial charge in [-0.05, 0) is 31.2 Å². The van der Waals surface area contributed by atoms with Gasteiger partial charge < -0.3 is 10.6 Å². The number of benzene rings is 1. The third kappa shape index (κ3) is 4.67. The van der Waals surface area contributed by atoms with Crippen molar-refractivity contribution in [3.05, 3.63) is 35.9 Å². The zero-order valence-electron chi connectivity index (χ0n) is 15.9. The first-order valence-corrected chi connectivity index (χ1v) is 10.0. The average molecular weight is 371 g/mol. The van der Waals surface area contributed by atoms with Crippen LogP contribution in [0.4, 0.5) is 4.79 Å². The van der Waals surface area contributed by atoms with Crippen LogP contribution in [-0.2, 0) is 16.1 Å². The van der Waals surface area contributed by atoms with Crippen LogP contribution >= 0.6 is 0 Å². The molecule has 6 nitrogen and oxygen atoms in total. The van der Waals surface area contributed by atoms with Crippen molar-refractivity contribution in [1.82, 2.24) is 15.5 Å². The van der Waals surface area contributed by atoms with Gasteiger partial charge in [-0.3, -0.25) is 14.5 Å². The molecular weight excluding hydrogens is 342 g/mol. The average Bonchev–Trinajstić information content (AvgIpc) is 2.69. The number of carbonyl (C=O) groups excluding carboxylic acids is 3. The van der Waals surface area contributed by atoms with E-state index >= 15 is 0 Å². The fourth-order valence-electron chi connectivity index (χ4n) is 4.06. The number of urea groups is 1. The van der Waals surface area contributed by atoms with Crippen LogP contribution < -0.4 is 10.6 Å². The predicted molar refractivity (Wildman–Crippen MR) is 103 cm³/mol. The summed E-state index contributed by atoms with van der Waals surface area (Å²) < 4.78 is 0. The van der Waals surface area contributed by atoms with Crippen molar-refractivity contribution in [2.24, 2.45) is 11.8 Å². The van der Waals surface area contributed by atoms with E-state index < -0.39 is 0 Å². The standard InChI is InChI=1S/C21H29N3O3/c1-2-3-7-12-24-20(26)17-11-10-16(13-18(17)23-21(24)27)19(25)22-14-15-8-5-4-6-9-15/h4-6,8-9,16-18H,2-3,7,10-14H2,1H3,(H,22,25)(H,23,27). The van der Waals surface area contributed by atoms with Crippen LogP contribution in [0.5, 0.6) is 0 Å². The van der Waals surface area contributed by atoms with Crippen LogP contribution in [-0.4, -0.2) is 35.3 Å². The number of rotatable bonds is 7. The zero-order valence-corrected chi connectivity index (χ0v) is 15.9. The van der Waals surface area contributed by atoms with Crippen molar-refractivity contribution in [2.75, 3.05) is 6.54 Å². The largest absolute Gasteiger partial charge is 0.352 e. The van der Waals surface area contributed by atoms with Crippen LogP contribution in [0.3, 0.4) is 0 Å². The Morgan fingerprint density at radius 3 is 2.70 bits per heavy atom. The second kappa shape index (κ2) is 9.02. The lowest BCUT2D eigenvalue weighted by molar-refractivity contribution is -0.139. The van der Waals surface area contributed by atoms with Crippen LogP contribution in [0.1, 0.15) is 51.0 Å². The molecule has 2 N–H and O–H groups in total. The van der Waals surface area contributed by atoms with Crippen LogP contribution in [0.25, 0.3) is 0 Å². The zero-order chi connectivity index (χ0) is 19.2. The van der Waals surface area contributed by atoms with Crippen molar-refractivity contribution in [2.45, 2.75) is 58.0 Å². The van der Waals surface area contributed by atoms with Crippen molar-refractivity contribution in [3.8, 4) is 0 Å². The molecule has 3 atom stereocenters. The van der Waals surface area contributed by atoms with Crippen LogP contribution in [0.2, 0.25) is 0 Å². The molecule has 0 bridgehead atoms. The number of hydrogen-bond donors (Lipinski definition) is 2.